The average Bonchev–Trinajstić information content (AvgIpc) is 3.03. The molecule has 0 fully saturated rings. The maximum absolute atomic E-state index is 12.0. The third-order valence-electron chi connectivity index (χ3n) is 3.76. The standard InChI is InChI=1S/C18H24N2OS/c1-20(2)16(13-15-7-4-3-5-8-15)14-19-18(21)11-10-17-9-6-12-22-17/h3-9,12,16H,10-11,13-14H2,1-2H3,(H,19,21). The Bertz CT molecular complexity index is 552. The third kappa shape index (κ3) is 5.62. The summed E-state index contributed by atoms with van der Waals surface area (Å²) in [6, 6.07) is 14.8. The second kappa shape index (κ2) is 8.71. The van der Waals surface area contributed by atoms with Gasteiger partial charge in [-0.15, -0.1) is 11.3 Å². The highest BCUT2D eigenvalue weighted by Gasteiger charge is 2.13. The van der Waals surface area contributed by atoms with Crippen molar-refractivity contribution < 1.29 is 4.79 Å². The summed E-state index contributed by atoms with van der Waals surface area (Å²) in [5.74, 6) is 0.133. The summed E-state index contributed by atoms with van der Waals surface area (Å²) in [7, 11) is 4.12. The fourth-order valence-corrected chi connectivity index (χ4v) is 3.04. The summed E-state index contributed by atoms with van der Waals surface area (Å²) >= 11 is 1.71. The SMILES string of the molecule is CN(C)C(CNC(=O)CCc1cccs1)Cc1ccccc1. The molecule has 0 saturated heterocycles. The van der Waals surface area contributed by atoms with E-state index >= 15 is 0 Å². The molecule has 3 nitrogen and oxygen atoms in total. The number of benzene rings is 1. The molecule has 1 unspecified atom stereocenters. The Morgan fingerprint density at radius 2 is 1.95 bits per heavy atom. The normalized spacial score (nSPS) is 12.3. The number of hydrogen-bond donors (Lipinski definition) is 1. The molecule has 118 valence electrons. The Kier molecular flexibility index (Phi) is 6.62. The third-order valence-corrected chi connectivity index (χ3v) is 4.69. The van der Waals surface area contributed by atoms with Crippen molar-refractivity contribution in [3.8, 4) is 0 Å². The molecule has 0 aliphatic carbocycles. The van der Waals surface area contributed by atoms with Crippen LogP contribution in [-0.2, 0) is 17.6 Å². The summed E-state index contributed by atoms with van der Waals surface area (Å²) in [4.78, 5) is 15.4. The molecule has 2 rings (SSSR count). The molecule has 1 amide bonds. The molecule has 1 heterocycles. The second-order valence-corrected chi connectivity index (χ2v) is 6.72. The Balaban J connectivity index is 1.77. The first kappa shape index (κ1) is 16.7. The lowest BCUT2D eigenvalue weighted by molar-refractivity contribution is -0.121. The van der Waals surface area contributed by atoms with Gasteiger partial charge in [-0.1, -0.05) is 36.4 Å². The monoisotopic (exact) mass is 316 g/mol. The van der Waals surface area contributed by atoms with Gasteiger partial charge in [0.15, 0.2) is 0 Å². The van der Waals surface area contributed by atoms with Crippen LogP contribution >= 0.6 is 11.3 Å². The zero-order chi connectivity index (χ0) is 15.8. The fourth-order valence-electron chi connectivity index (χ4n) is 2.34. The molecule has 0 saturated carbocycles. The van der Waals surface area contributed by atoms with Crippen LogP contribution in [0.25, 0.3) is 0 Å². The molecule has 1 atom stereocenters. The number of thiophene rings is 1. The average molecular weight is 316 g/mol. The number of likely N-dealkylation sites (N-methyl/N-ethyl adjacent to an activating group) is 1. The molecule has 0 radical (unpaired) electrons. The number of carbonyl (C=O) groups excluding carboxylic acids is 1. The van der Waals surface area contributed by atoms with E-state index in [9.17, 15) is 4.79 Å². The smallest absolute Gasteiger partial charge is 0.220 e. The van der Waals surface area contributed by atoms with Crippen LogP contribution in [0.1, 0.15) is 16.9 Å². The molecule has 1 N–H and O–H groups in total. The van der Waals surface area contributed by atoms with Crippen LogP contribution < -0.4 is 5.32 Å². The highest BCUT2D eigenvalue weighted by molar-refractivity contribution is 7.09. The number of nitrogens with zero attached hydrogens (tertiary/aromatic N) is 1. The highest BCUT2D eigenvalue weighted by atomic mass is 32.1. The lowest BCUT2D eigenvalue weighted by Gasteiger charge is -2.24. The van der Waals surface area contributed by atoms with Crippen LogP contribution in [0.4, 0.5) is 0 Å². The largest absolute Gasteiger partial charge is 0.355 e. The van der Waals surface area contributed by atoms with E-state index in [1.54, 1.807) is 11.3 Å². The van der Waals surface area contributed by atoms with Crippen molar-refractivity contribution in [2.45, 2.75) is 25.3 Å². The van der Waals surface area contributed by atoms with Crippen LogP contribution in [0.3, 0.4) is 0 Å². The molecule has 2 aromatic rings. The molecule has 0 spiro atoms. The number of rotatable bonds is 8. The summed E-state index contributed by atoms with van der Waals surface area (Å²) in [5, 5.41) is 5.12. The topological polar surface area (TPSA) is 32.3 Å². The van der Waals surface area contributed by atoms with Crippen molar-refractivity contribution in [1.82, 2.24) is 10.2 Å². The van der Waals surface area contributed by atoms with Crippen LogP contribution in [0.2, 0.25) is 0 Å². The minimum atomic E-state index is 0.133. The van der Waals surface area contributed by atoms with Crippen molar-refractivity contribution in [1.29, 1.82) is 0 Å². The Morgan fingerprint density at radius 3 is 2.59 bits per heavy atom. The summed E-state index contributed by atoms with van der Waals surface area (Å²) in [6.07, 6.45) is 2.33. The maximum Gasteiger partial charge on any atom is 0.220 e. The Labute approximate surface area is 137 Å². The van der Waals surface area contributed by atoms with Crippen LogP contribution in [0.5, 0.6) is 0 Å². The molecule has 0 bridgehead atoms. The predicted octanol–water partition coefficient (Wildman–Crippen LogP) is 2.97. The van der Waals surface area contributed by atoms with Gasteiger partial charge in [-0.2, -0.15) is 0 Å². The minimum absolute atomic E-state index is 0.133. The quantitative estimate of drug-likeness (QED) is 0.812. The predicted molar refractivity (Wildman–Crippen MR) is 93.3 cm³/mol. The zero-order valence-corrected chi connectivity index (χ0v) is 14.1. The minimum Gasteiger partial charge on any atom is -0.355 e. The van der Waals surface area contributed by atoms with Crippen LogP contribution in [0.15, 0.2) is 47.8 Å². The van der Waals surface area contributed by atoms with Gasteiger partial charge in [-0.25, -0.2) is 0 Å². The number of amides is 1. The van der Waals surface area contributed by atoms with Gasteiger partial charge in [0.2, 0.25) is 5.91 Å². The van der Waals surface area contributed by atoms with E-state index in [0.29, 0.717) is 19.0 Å². The molecule has 0 aliphatic rings. The van der Waals surface area contributed by atoms with Crippen molar-refractivity contribution in [3.63, 3.8) is 0 Å². The van der Waals surface area contributed by atoms with Crippen molar-refractivity contribution in [2.24, 2.45) is 0 Å². The van der Waals surface area contributed by atoms with Gasteiger partial charge >= 0.3 is 0 Å². The summed E-state index contributed by atoms with van der Waals surface area (Å²) in [6.45, 7) is 0.686. The Morgan fingerprint density at radius 1 is 1.18 bits per heavy atom. The fraction of sp³-hybridized carbons (Fsp3) is 0.389. The molecule has 1 aromatic carbocycles. The summed E-state index contributed by atoms with van der Waals surface area (Å²) in [5.41, 5.74) is 1.30. The molecular weight excluding hydrogens is 292 g/mol. The van der Waals surface area contributed by atoms with E-state index < -0.39 is 0 Å². The summed E-state index contributed by atoms with van der Waals surface area (Å²) < 4.78 is 0. The van der Waals surface area contributed by atoms with Gasteiger partial charge in [-0.3, -0.25) is 4.79 Å². The van der Waals surface area contributed by atoms with Gasteiger partial charge in [0.25, 0.3) is 0 Å². The van der Waals surface area contributed by atoms with E-state index in [1.165, 1.54) is 10.4 Å². The first-order chi connectivity index (χ1) is 10.6. The van der Waals surface area contributed by atoms with Crippen molar-refractivity contribution in [2.75, 3.05) is 20.6 Å². The molecule has 22 heavy (non-hydrogen) atoms. The highest BCUT2D eigenvalue weighted by Crippen LogP contribution is 2.11. The second-order valence-electron chi connectivity index (χ2n) is 5.69. The van der Waals surface area contributed by atoms with Gasteiger partial charge in [0.05, 0.1) is 0 Å². The van der Waals surface area contributed by atoms with E-state index in [2.05, 4.69) is 60.0 Å². The lowest BCUT2D eigenvalue weighted by Crippen LogP contribution is -2.41. The van der Waals surface area contributed by atoms with E-state index in [4.69, 9.17) is 0 Å². The first-order valence-corrected chi connectivity index (χ1v) is 8.52. The van der Waals surface area contributed by atoms with Crippen molar-refractivity contribution in [3.05, 3.63) is 58.3 Å². The molecule has 1 aromatic heterocycles. The van der Waals surface area contributed by atoms with Crippen LogP contribution in [-0.4, -0.2) is 37.5 Å². The number of hydrogen-bond acceptors (Lipinski definition) is 3. The first-order valence-electron chi connectivity index (χ1n) is 7.64. The van der Waals surface area contributed by atoms with Gasteiger partial charge in [0.1, 0.15) is 0 Å². The van der Waals surface area contributed by atoms with E-state index in [-0.39, 0.29) is 5.91 Å². The van der Waals surface area contributed by atoms with Gasteiger partial charge < -0.3 is 10.2 Å². The molecular formula is C18H24N2OS. The van der Waals surface area contributed by atoms with E-state index in [1.807, 2.05) is 12.1 Å². The maximum atomic E-state index is 12.0. The van der Waals surface area contributed by atoms with Crippen LogP contribution in [0, 0.1) is 0 Å². The number of aryl methyl sites for hydroxylation is 1. The lowest BCUT2D eigenvalue weighted by atomic mass is 10.1. The van der Waals surface area contributed by atoms with Gasteiger partial charge in [-0.05, 0) is 43.9 Å². The van der Waals surface area contributed by atoms with Gasteiger partial charge in [0, 0.05) is 23.9 Å². The zero-order valence-electron chi connectivity index (χ0n) is 13.3. The number of nitrogens with one attached hydrogen (secondary N) is 1. The Hall–Kier alpha value is -1.65. The molecule has 4 heteroatoms. The van der Waals surface area contributed by atoms with E-state index in [0.717, 1.165) is 12.8 Å². The van der Waals surface area contributed by atoms with Crippen molar-refractivity contribution >= 4 is 17.2 Å². The molecule has 0 aliphatic heterocycles. The number of carbonyl (C=O) groups is 1.